The SMILES string of the molecule is CC(C)(C)OC(=O)N/N=C/c1ccc(OC(=O)c2cccc([N+](=O)[O-])c2)cc1. The molecule has 0 atom stereocenters. The first-order valence-electron chi connectivity index (χ1n) is 8.23. The standard InChI is InChI=1S/C19H19N3O6/c1-19(2,3)28-18(24)21-20-12-13-7-9-16(10-8-13)27-17(23)14-5-4-6-15(11-14)22(25)26/h4-12H,1-3H3,(H,21,24)/b20-12+. The molecule has 1 N–H and O–H groups in total. The Bertz CT molecular complexity index is 901. The first-order valence-corrected chi connectivity index (χ1v) is 8.23. The van der Waals surface area contributed by atoms with Crippen LogP contribution in [0.25, 0.3) is 0 Å². The van der Waals surface area contributed by atoms with E-state index in [0.29, 0.717) is 5.56 Å². The number of nitrogens with zero attached hydrogens (tertiary/aromatic N) is 2. The molecular weight excluding hydrogens is 366 g/mol. The number of nitrogens with one attached hydrogen (secondary N) is 1. The molecule has 0 bridgehead atoms. The zero-order chi connectivity index (χ0) is 20.7. The van der Waals surface area contributed by atoms with Gasteiger partial charge in [0.05, 0.1) is 16.7 Å². The van der Waals surface area contributed by atoms with Crippen molar-refractivity contribution < 1.29 is 24.0 Å². The van der Waals surface area contributed by atoms with Crippen molar-refractivity contribution in [1.82, 2.24) is 5.43 Å². The van der Waals surface area contributed by atoms with Crippen molar-refractivity contribution in [2.45, 2.75) is 26.4 Å². The molecule has 2 aromatic rings. The number of hydrogen-bond acceptors (Lipinski definition) is 7. The summed E-state index contributed by atoms with van der Waals surface area (Å²) >= 11 is 0. The number of ether oxygens (including phenoxy) is 2. The van der Waals surface area contributed by atoms with Crippen molar-refractivity contribution in [1.29, 1.82) is 0 Å². The third-order valence-corrected chi connectivity index (χ3v) is 3.15. The van der Waals surface area contributed by atoms with E-state index in [9.17, 15) is 19.7 Å². The second kappa shape index (κ2) is 8.76. The lowest BCUT2D eigenvalue weighted by molar-refractivity contribution is -0.384. The predicted octanol–water partition coefficient (Wildman–Crippen LogP) is 3.67. The second-order valence-electron chi connectivity index (χ2n) is 6.64. The summed E-state index contributed by atoms with van der Waals surface area (Å²) in [4.78, 5) is 33.8. The number of benzene rings is 2. The number of esters is 1. The highest BCUT2D eigenvalue weighted by Crippen LogP contribution is 2.17. The first-order chi connectivity index (χ1) is 13.1. The van der Waals surface area contributed by atoms with E-state index in [4.69, 9.17) is 9.47 Å². The molecule has 0 saturated carbocycles. The highest BCUT2D eigenvalue weighted by molar-refractivity contribution is 5.91. The van der Waals surface area contributed by atoms with Crippen molar-refractivity contribution in [3.63, 3.8) is 0 Å². The van der Waals surface area contributed by atoms with E-state index < -0.39 is 22.6 Å². The smallest absolute Gasteiger partial charge is 0.428 e. The molecule has 9 nitrogen and oxygen atoms in total. The highest BCUT2D eigenvalue weighted by atomic mass is 16.6. The Morgan fingerprint density at radius 3 is 2.43 bits per heavy atom. The van der Waals surface area contributed by atoms with Gasteiger partial charge in [0.15, 0.2) is 0 Å². The Morgan fingerprint density at radius 2 is 1.82 bits per heavy atom. The quantitative estimate of drug-likeness (QED) is 0.276. The maximum atomic E-state index is 12.1. The lowest BCUT2D eigenvalue weighted by atomic mass is 10.2. The fourth-order valence-electron chi connectivity index (χ4n) is 1.99. The number of carbonyl (C=O) groups excluding carboxylic acids is 2. The van der Waals surface area contributed by atoms with Gasteiger partial charge in [0.1, 0.15) is 11.4 Å². The van der Waals surface area contributed by atoms with Gasteiger partial charge in [0.2, 0.25) is 0 Å². The molecule has 146 valence electrons. The summed E-state index contributed by atoms with van der Waals surface area (Å²) in [5, 5.41) is 14.5. The first kappa shape index (κ1) is 20.6. The number of hydrogen-bond donors (Lipinski definition) is 1. The zero-order valence-corrected chi connectivity index (χ0v) is 15.5. The summed E-state index contributed by atoms with van der Waals surface area (Å²) in [6.07, 6.45) is 0.724. The number of nitro benzene ring substituents is 1. The van der Waals surface area contributed by atoms with E-state index >= 15 is 0 Å². The summed E-state index contributed by atoms with van der Waals surface area (Å²) in [7, 11) is 0. The molecule has 0 unspecified atom stereocenters. The molecule has 0 aliphatic rings. The molecule has 2 rings (SSSR count). The van der Waals surface area contributed by atoms with E-state index in [2.05, 4.69) is 10.5 Å². The zero-order valence-electron chi connectivity index (χ0n) is 15.5. The molecule has 9 heteroatoms. The van der Waals surface area contributed by atoms with Crippen LogP contribution in [0.4, 0.5) is 10.5 Å². The molecule has 0 aromatic heterocycles. The van der Waals surface area contributed by atoms with Crippen molar-refractivity contribution in [2.24, 2.45) is 5.10 Å². The highest BCUT2D eigenvalue weighted by Gasteiger charge is 2.15. The largest absolute Gasteiger partial charge is 0.443 e. The number of non-ortho nitro benzene ring substituents is 1. The fraction of sp³-hybridized carbons (Fsp3) is 0.211. The summed E-state index contributed by atoms with van der Waals surface area (Å²) < 4.78 is 10.2. The lowest BCUT2D eigenvalue weighted by Crippen LogP contribution is -2.29. The maximum Gasteiger partial charge on any atom is 0.428 e. The average molecular weight is 385 g/mol. The molecular formula is C19H19N3O6. The third-order valence-electron chi connectivity index (χ3n) is 3.15. The fourth-order valence-corrected chi connectivity index (χ4v) is 1.99. The monoisotopic (exact) mass is 385 g/mol. The third kappa shape index (κ3) is 6.52. The minimum Gasteiger partial charge on any atom is -0.443 e. The number of nitro groups is 1. The number of hydrazone groups is 1. The molecule has 0 heterocycles. The van der Waals surface area contributed by atoms with Gasteiger partial charge in [-0.2, -0.15) is 5.10 Å². The summed E-state index contributed by atoms with van der Waals surface area (Å²) in [5.74, 6) is -0.453. The van der Waals surface area contributed by atoms with E-state index in [1.54, 1.807) is 32.9 Å². The van der Waals surface area contributed by atoms with Gasteiger partial charge in [0.25, 0.3) is 5.69 Å². The molecule has 0 aliphatic carbocycles. The second-order valence-corrected chi connectivity index (χ2v) is 6.64. The summed E-state index contributed by atoms with van der Waals surface area (Å²) in [6, 6.07) is 11.6. The van der Waals surface area contributed by atoms with Crippen LogP contribution < -0.4 is 10.2 Å². The van der Waals surface area contributed by atoms with E-state index in [1.807, 2.05) is 0 Å². The number of rotatable bonds is 5. The van der Waals surface area contributed by atoms with Crippen LogP contribution in [0.5, 0.6) is 5.75 Å². The Kier molecular flexibility index (Phi) is 6.43. The van der Waals surface area contributed by atoms with Crippen LogP contribution in [0.15, 0.2) is 53.6 Å². The molecule has 0 fully saturated rings. The number of amides is 1. The van der Waals surface area contributed by atoms with E-state index in [1.165, 1.54) is 36.5 Å². The van der Waals surface area contributed by atoms with Crippen molar-refractivity contribution in [3.8, 4) is 5.75 Å². The van der Waals surface area contributed by atoms with Crippen molar-refractivity contribution in [3.05, 3.63) is 69.8 Å². The normalized spacial score (nSPS) is 11.1. The van der Waals surface area contributed by atoms with Gasteiger partial charge in [-0.3, -0.25) is 10.1 Å². The molecule has 28 heavy (non-hydrogen) atoms. The Balaban J connectivity index is 1.94. The van der Waals surface area contributed by atoms with Gasteiger partial charge < -0.3 is 9.47 Å². The van der Waals surface area contributed by atoms with Crippen LogP contribution in [0.3, 0.4) is 0 Å². The predicted molar refractivity (Wildman–Crippen MR) is 101 cm³/mol. The minimum atomic E-state index is -0.711. The van der Waals surface area contributed by atoms with Crippen LogP contribution in [-0.4, -0.2) is 28.8 Å². The van der Waals surface area contributed by atoms with Crippen molar-refractivity contribution >= 4 is 24.0 Å². The van der Waals surface area contributed by atoms with Crippen LogP contribution in [0.2, 0.25) is 0 Å². The molecule has 0 spiro atoms. The number of carbonyl (C=O) groups is 2. The maximum absolute atomic E-state index is 12.1. The lowest BCUT2D eigenvalue weighted by Gasteiger charge is -2.18. The van der Waals surface area contributed by atoms with Gasteiger partial charge in [-0.25, -0.2) is 15.0 Å². The van der Waals surface area contributed by atoms with E-state index in [-0.39, 0.29) is 17.0 Å². The summed E-state index contributed by atoms with van der Waals surface area (Å²) in [6.45, 7) is 5.22. The van der Waals surface area contributed by atoms with Gasteiger partial charge in [-0.15, -0.1) is 0 Å². The topological polar surface area (TPSA) is 120 Å². The minimum absolute atomic E-state index is 0.0707. The molecule has 2 aromatic carbocycles. The van der Waals surface area contributed by atoms with Crippen LogP contribution in [-0.2, 0) is 4.74 Å². The van der Waals surface area contributed by atoms with Gasteiger partial charge in [0, 0.05) is 12.1 Å². The van der Waals surface area contributed by atoms with Crippen LogP contribution in [0, 0.1) is 10.1 Å². The molecule has 0 saturated heterocycles. The molecule has 1 amide bonds. The Morgan fingerprint density at radius 1 is 1.14 bits per heavy atom. The van der Waals surface area contributed by atoms with Crippen molar-refractivity contribution in [2.75, 3.05) is 0 Å². The van der Waals surface area contributed by atoms with Gasteiger partial charge in [-0.1, -0.05) is 6.07 Å². The van der Waals surface area contributed by atoms with Gasteiger partial charge in [-0.05, 0) is 56.7 Å². The van der Waals surface area contributed by atoms with E-state index in [0.717, 1.165) is 6.07 Å². The molecule has 0 radical (unpaired) electrons. The Hall–Kier alpha value is -3.75. The van der Waals surface area contributed by atoms with Crippen LogP contribution >= 0.6 is 0 Å². The summed E-state index contributed by atoms with van der Waals surface area (Å²) in [5.41, 5.74) is 2.14. The Labute approximate surface area is 161 Å². The van der Waals surface area contributed by atoms with Crippen LogP contribution in [0.1, 0.15) is 36.7 Å². The average Bonchev–Trinajstić information content (AvgIpc) is 2.61. The molecule has 0 aliphatic heterocycles. The van der Waals surface area contributed by atoms with Gasteiger partial charge >= 0.3 is 12.1 Å².